The molecular formula is C17H19N7O. The lowest BCUT2D eigenvalue weighted by molar-refractivity contribution is -0.131. The van der Waals surface area contributed by atoms with E-state index in [1.165, 1.54) is 0 Å². The van der Waals surface area contributed by atoms with Crippen LogP contribution in [0.1, 0.15) is 30.1 Å². The van der Waals surface area contributed by atoms with E-state index in [0.717, 1.165) is 43.0 Å². The Morgan fingerprint density at radius 2 is 2.00 bits per heavy atom. The number of hydrogen-bond donors (Lipinski definition) is 1. The van der Waals surface area contributed by atoms with Crippen LogP contribution < -0.4 is 0 Å². The molecule has 1 N–H and O–H groups in total. The summed E-state index contributed by atoms with van der Waals surface area (Å²) in [5, 5.41) is 14.2. The van der Waals surface area contributed by atoms with Crippen molar-refractivity contribution in [3.05, 3.63) is 54.4 Å². The molecule has 0 radical (unpaired) electrons. The van der Waals surface area contributed by atoms with Crippen molar-refractivity contribution in [3.8, 4) is 5.69 Å². The highest BCUT2D eigenvalue weighted by molar-refractivity contribution is 5.79. The van der Waals surface area contributed by atoms with Crippen LogP contribution in [0, 0.1) is 0 Å². The summed E-state index contributed by atoms with van der Waals surface area (Å²) in [6, 6.07) is 8.01. The van der Waals surface area contributed by atoms with Crippen molar-refractivity contribution in [2.45, 2.75) is 25.2 Å². The number of aromatic amines is 1. The minimum absolute atomic E-state index is 0.168. The zero-order valence-corrected chi connectivity index (χ0v) is 13.7. The molecule has 128 valence electrons. The van der Waals surface area contributed by atoms with Gasteiger partial charge < -0.3 is 9.47 Å². The van der Waals surface area contributed by atoms with Gasteiger partial charge in [-0.2, -0.15) is 5.21 Å². The van der Waals surface area contributed by atoms with E-state index in [4.69, 9.17) is 0 Å². The van der Waals surface area contributed by atoms with Gasteiger partial charge in [-0.1, -0.05) is 17.3 Å². The van der Waals surface area contributed by atoms with Crippen molar-refractivity contribution in [1.29, 1.82) is 0 Å². The molecule has 1 aliphatic heterocycles. The van der Waals surface area contributed by atoms with Crippen molar-refractivity contribution in [2.24, 2.45) is 0 Å². The number of benzene rings is 1. The first-order chi connectivity index (χ1) is 12.3. The summed E-state index contributed by atoms with van der Waals surface area (Å²) < 4.78 is 1.94. The van der Waals surface area contributed by atoms with Crippen molar-refractivity contribution in [3.63, 3.8) is 0 Å². The van der Waals surface area contributed by atoms with Gasteiger partial charge in [-0.3, -0.25) is 4.79 Å². The van der Waals surface area contributed by atoms with Crippen molar-refractivity contribution >= 4 is 5.91 Å². The second kappa shape index (κ2) is 6.84. The molecule has 25 heavy (non-hydrogen) atoms. The summed E-state index contributed by atoms with van der Waals surface area (Å²) in [4.78, 5) is 18.5. The average molecular weight is 337 g/mol. The minimum Gasteiger partial charge on any atom is -0.342 e. The molecule has 1 saturated heterocycles. The summed E-state index contributed by atoms with van der Waals surface area (Å²) >= 11 is 0. The number of H-pyrrole nitrogens is 1. The highest BCUT2D eigenvalue weighted by atomic mass is 16.2. The molecule has 0 bridgehead atoms. The first-order valence-corrected chi connectivity index (χ1v) is 8.38. The molecule has 1 amide bonds. The maximum absolute atomic E-state index is 12.5. The van der Waals surface area contributed by atoms with Gasteiger partial charge in [0.1, 0.15) is 0 Å². The SMILES string of the molecule is O=C(Cc1ccc(-n2ccnc2)cc1)N1CCC(c2nn[nH]n2)CC1. The quantitative estimate of drug-likeness (QED) is 0.775. The van der Waals surface area contributed by atoms with Crippen LogP contribution in [0.25, 0.3) is 5.69 Å². The van der Waals surface area contributed by atoms with Crippen LogP contribution in [-0.4, -0.2) is 54.1 Å². The monoisotopic (exact) mass is 337 g/mol. The molecule has 1 aliphatic rings. The number of piperidine rings is 1. The third-order valence-corrected chi connectivity index (χ3v) is 4.67. The Bertz CT molecular complexity index is 803. The van der Waals surface area contributed by atoms with E-state index in [1.54, 1.807) is 12.5 Å². The molecule has 4 rings (SSSR count). The van der Waals surface area contributed by atoms with Crippen LogP contribution in [0.3, 0.4) is 0 Å². The fourth-order valence-electron chi connectivity index (χ4n) is 3.21. The third-order valence-electron chi connectivity index (χ3n) is 4.67. The topological polar surface area (TPSA) is 92.6 Å². The van der Waals surface area contributed by atoms with Gasteiger partial charge in [-0.05, 0) is 30.5 Å². The van der Waals surface area contributed by atoms with E-state index in [-0.39, 0.29) is 11.8 Å². The summed E-state index contributed by atoms with van der Waals surface area (Å²) in [5.74, 6) is 1.21. The van der Waals surface area contributed by atoms with E-state index in [1.807, 2.05) is 39.9 Å². The zero-order valence-electron chi connectivity index (χ0n) is 13.7. The number of amides is 1. The molecular weight excluding hydrogens is 318 g/mol. The fourth-order valence-corrected chi connectivity index (χ4v) is 3.21. The largest absolute Gasteiger partial charge is 0.342 e. The van der Waals surface area contributed by atoms with E-state index in [0.29, 0.717) is 6.42 Å². The van der Waals surface area contributed by atoms with Gasteiger partial charge >= 0.3 is 0 Å². The highest BCUT2D eigenvalue weighted by Gasteiger charge is 2.26. The minimum atomic E-state index is 0.168. The second-order valence-electron chi connectivity index (χ2n) is 6.24. The normalized spacial score (nSPS) is 15.4. The Morgan fingerprint density at radius 1 is 1.20 bits per heavy atom. The van der Waals surface area contributed by atoms with Crippen molar-refractivity contribution < 1.29 is 4.79 Å². The first kappa shape index (κ1) is 15.5. The average Bonchev–Trinajstić information content (AvgIpc) is 3.36. The Labute approximate surface area is 144 Å². The summed E-state index contributed by atoms with van der Waals surface area (Å²) in [6.45, 7) is 1.48. The number of tetrazole rings is 1. The molecule has 0 spiro atoms. The number of imidazole rings is 1. The molecule has 0 aliphatic carbocycles. The Morgan fingerprint density at radius 3 is 2.64 bits per heavy atom. The van der Waals surface area contributed by atoms with Gasteiger partial charge in [0.25, 0.3) is 0 Å². The number of hydrogen-bond acceptors (Lipinski definition) is 5. The zero-order chi connectivity index (χ0) is 17.1. The van der Waals surface area contributed by atoms with Crippen LogP contribution in [-0.2, 0) is 11.2 Å². The molecule has 1 aromatic carbocycles. The second-order valence-corrected chi connectivity index (χ2v) is 6.24. The molecule has 2 aromatic heterocycles. The van der Waals surface area contributed by atoms with Crippen LogP contribution in [0.4, 0.5) is 0 Å². The molecule has 8 heteroatoms. The molecule has 1 fully saturated rings. The lowest BCUT2D eigenvalue weighted by atomic mass is 9.96. The lowest BCUT2D eigenvalue weighted by Crippen LogP contribution is -2.39. The summed E-state index contributed by atoms with van der Waals surface area (Å²) in [5.41, 5.74) is 2.06. The molecule has 8 nitrogen and oxygen atoms in total. The number of nitrogens with one attached hydrogen (secondary N) is 1. The van der Waals surface area contributed by atoms with Crippen LogP contribution >= 0.6 is 0 Å². The predicted molar refractivity (Wildman–Crippen MR) is 90.0 cm³/mol. The third kappa shape index (κ3) is 3.42. The van der Waals surface area contributed by atoms with Crippen molar-refractivity contribution in [2.75, 3.05) is 13.1 Å². The van der Waals surface area contributed by atoms with Gasteiger partial charge in [0, 0.05) is 37.1 Å². The number of carbonyl (C=O) groups is 1. The van der Waals surface area contributed by atoms with Crippen LogP contribution in [0.15, 0.2) is 43.0 Å². The highest BCUT2D eigenvalue weighted by Crippen LogP contribution is 2.25. The van der Waals surface area contributed by atoms with E-state index >= 15 is 0 Å². The molecule has 3 heterocycles. The van der Waals surface area contributed by atoms with Gasteiger partial charge in [0.05, 0.1) is 12.7 Å². The van der Waals surface area contributed by atoms with Crippen molar-refractivity contribution in [1.82, 2.24) is 35.1 Å². The fraction of sp³-hybridized carbons (Fsp3) is 0.353. The number of nitrogens with zero attached hydrogens (tertiary/aromatic N) is 6. The number of aromatic nitrogens is 6. The maximum Gasteiger partial charge on any atom is 0.226 e. The van der Waals surface area contributed by atoms with Crippen LogP contribution in [0.5, 0.6) is 0 Å². The Kier molecular flexibility index (Phi) is 4.24. The summed E-state index contributed by atoms with van der Waals surface area (Å²) in [7, 11) is 0. The van der Waals surface area contributed by atoms with E-state index in [9.17, 15) is 4.79 Å². The Balaban J connectivity index is 1.33. The first-order valence-electron chi connectivity index (χ1n) is 8.38. The number of likely N-dealkylation sites (tertiary alicyclic amines) is 1. The van der Waals surface area contributed by atoms with E-state index < -0.39 is 0 Å². The van der Waals surface area contributed by atoms with E-state index in [2.05, 4.69) is 25.6 Å². The Hall–Kier alpha value is -3.03. The summed E-state index contributed by atoms with van der Waals surface area (Å²) in [6.07, 6.45) is 7.59. The molecule has 0 atom stereocenters. The number of rotatable bonds is 4. The molecule has 3 aromatic rings. The standard InChI is InChI=1S/C17H19N7O/c25-16(23-8-5-14(6-9-23)17-19-21-22-20-17)11-13-1-3-15(4-2-13)24-10-7-18-12-24/h1-4,7,10,12,14H,5-6,8-9,11H2,(H,19,20,21,22). The molecule has 0 saturated carbocycles. The van der Waals surface area contributed by atoms with Crippen LogP contribution in [0.2, 0.25) is 0 Å². The van der Waals surface area contributed by atoms with Gasteiger partial charge in [0.15, 0.2) is 5.82 Å². The molecule has 0 unspecified atom stereocenters. The predicted octanol–water partition coefficient (Wildman–Crippen LogP) is 1.33. The number of carbonyl (C=O) groups excluding carboxylic acids is 1. The van der Waals surface area contributed by atoms with Gasteiger partial charge in [-0.15, -0.1) is 10.2 Å². The maximum atomic E-state index is 12.5. The lowest BCUT2D eigenvalue weighted by Gasteiger charge is -2.30. The van der Waals surface area contributed by atoms with Gasteiger partial charge in [-0.25, -0.2) is 4.98 Å². The van der Waals surface area contributed by atoms with Gasteiger partial charge in [0.2, 0.25) is 5.91 Å². The smallest absolute Gasteiger partial charge is 0.226 e.